The molecule has 2 rings (SSSR count). The van der Waals surface area contributed by atoms with Gasteiger partial charge in [0.05, 0.1) is 6.42 Å². The van der Waals surface area contributed by atoms with Gasteiger partial charge in [-0.3, -0.25) is 9.78 Å². The fourth-order valence-corrected chi connectivity index (χ4v) is 1.95. The first-order chi connectivity index (χ1) is 9.45. The van der Waals surface area contributed by atoms with Gasteiger partial charge in [0, 0.05) is 18.1 Å². The lowest BCUT2D eigenvalue weighted by Crippen LogP contribution is -2.15. The molecule has 0 saturated carbocycles. The summed E-state index contributed by atoms with van der Waals surface area (Å²) in [4.78, 5) is 15.9. The molecular formula is C17H20N2O. The predicted octanol–water partition coefficient (Wildman–Crippen LogP) is 3.56. The molecule has 0 fully saturated rings. The van der Waals surface area contributed by atoms with E-state index in [1.165, 1.54) is 5.56 Å². The molecule has 104 valence electrons. The van der Waals surface area contributed by atoms with Crippen LogP contribution < -0.4 is 5.32 Å². The lowest BCUT2D eigenvalue weighted by molar-refractivity contribution is -0.115. The van der Waals surface area contributed by atoms with Crippen LogP contribution in [0.4, 0.5) is 5.69 Å². The maximum absolute atomic E-state index is 11.9. The molecule has 0 aliphatic rings. The van der Waals surface area contributed by atoms with E-state index in [1.54, 1.807) is 12.4 Å². The molecular weight excluding hydrogens is 248 g/mol. The number of hydrogen-bond donors (Lipinski definition) is 1. The molecule has 1 heterocycles. The number of aromatic nitrogens is 1. The van der Waals surface area contributed by atoms with Crippen molar-refractivity contribution >= 4 is 11.6 Å². The standard InChI is InChI=1S/C17H20N2O/c1-17(2,3)14-6-8-15(9-7-14)19-16(20)11-13-5-4-10-18-12-13/h4-10,12H,11H2,1-3H3,(H,19,20). The van der Waals surface area contributed by atoms with E-state index in [2.05, 4.69) is 43.2 Å². The van der Waals surface area contributed by atoms with E-state index >= 15 is 0 Å². The SMILES string of the molecule is CC(C)(C)c1ccc(NC(=O)Cc2cccnc2)cc1. The molecule has 1 amide bonds. The summed E-state index contributed by atoms with van der Waals surface area (Å²) in [5, 5.41) is 2.90. The van der Waals surface area contributed by atoms with Crippen LogP contribution in [0.2, 0.25) is 0 Å². The average molecular weight is 268 g/mol. The van der Waals surface area contributed by atoms with E-state index in [-0.39, 0.29) is 11.3 Å². The maximum Gasteiger partial charge on any atom is 0.228 e. The molecule has 0 bridgehead atoms. The summed E-state index contributed by atoms with van der Waals surface area (Å²) in [7, 11) is 0. The number of hydrogen-bond acceptors (Lipinski definition) is 2. The lowest BCUT2D eigenvalue weighted by Gasteiger charge is -2.19. The highest BCUT2D eigenvalue weighted by atomic mass is 16.1. The summed E-state index contributed by atoms with van der Waals surface area (Å²) in [6.07, 6.45) is 3.75. The number of rotatable bonds is 3. The van der Waals surface area contributed by atoms with Crippen molar-refractivity contribution in [2.24, 2.45) is 0 Å². The van der Waals surface area contributed by atoms with Gasteiger partial charge >= 0.3 is 0 Å². The number of nitrogens with zero attached hydrogens (tertiary/aromatic N) is 1. The van der Waals surface area contributed by atoms with Crippen LogP contribution >= 0.6 is 0 Å². The molecule has 1 aromatic carbocycles. The van der Waals surface area contributed by atoms with Gasteiger partial charge in [-0.1, -0.05) is 39.0 Å². The molecule has 20 heavy (non-hydrogen) atoms. The number of benzene rings is 1. The van der Waals surface area contributed by atoms with Crippen LogP contribution in [0.25, 0.3) is 0 Å². The van der Waals surface area contributed by atoms with Crippen molar-refractivity contribution in [1.29, 1.82) is 0 Å². The Bertz CT molecular complexity index is 568. The van der Waals surface area contributed by atoms with Gasteiger partial charge in [-0.05, 0) is 34.7 Å². The highest BCUT2D eigenvalue weighted by Crippen LogP contribution is 2.23. The zero-order valence-corrected chi connectivity index (χ0v) is 12.2. The molecule has 1 aromatic heterocycles. The number of pyridine rings is 1. The summed E-state index contributed by atoms with van der Waals surface area (Å²) in [6, 6.07) is 11.7. The van der Waals surface area contributed by atoms with Gasteiger partial charge in [-0.15, -0.1) is 0 Å². The van der Waals surface area contributed by atoms with Gasteiger partial charge in [0.15, 0.2) is 0 Å². The first-order valence-electron chi connectivity index (χ1n) is 6.74. The van der Waals surface area contributed by atoms with Crippen molar-refractivity contribution in [3.05, 3.63) is 59.9 Å². The van der Waals surface area contributed by atoms with Crippen molar-refractivity contribution in [3.8, 4) is 0 Å². The maximum atomic E-state index is 11.9. The van der Waals surface area contributed by atoms with Crippen LogP contribution in [-0.2, 0) is 16.6 Å². The molecule has 0 spiro atoms. The molecule has 0 saturated heterocycles. The van der Waals surface area contributed by atoms with Gasteiger partial charge in [-0.25, -0.2) is 0 Å². The summed E-state index contributed by atoms with van der Waals surface area (Å²) >= 11 is 0. The molecule has 3 nitrogen and oxygen atoms in total. The molecule has 0 aliphatic heterocycles. The third-order valence-corrected chi connectivity index (χ3v) is 3.12. The Morgan fingerprint density at radius 3 is 2.40 bits per heavy atom. The van der Waals surface area contributed by atoms with Crippen LogP contribution in [-0.4, -0.2) is 10.9 Å². The minimum absolute atomic E-state index is 0.0264. The monoisotopic (exact) mass is 268 g/mol. The van der Waals surface area contributed by atoms with Crippen molar-refractivity contribution < 1.29 is 4.79 Å². The smallest absolute Gasteiger partial charge is 0.228 e. The Labute approximate surface area is 120 Å². The van der Waals surface area contributed by atoms with Gasteiger partial charge < -0.3 is 5.32 Å². The quantitative estimate of drug-likeness (QED) is 0.924. The summed E-state index contributed by atoms with van der Waals surface area (Å²) in [6.45, 7) is 6.51. The van der Waals surface area contributed by atoms with Gasteiger partial charge in [0.1, 0.15) is 0 Å². The first-order valence-corrected chi connectivity index (χ1v) is 6.74. The van der Waals surface area contributed by atoms with Crippen molar-refractivity contribution in [2.45, 2.75) is 32.6 Å². The van der Waals surface area contributed by atoms with E-state index in [0.29, 0.717) is 6.42 Å². The predicted molar refractivity (Wildman–Crippen MR) is 81.7 cm³/mol. The number of amides is 1. The second-order valence-electron chi connectivity index (χ2n) is 5.91. The number of carbonyl (C=O) groups excluding carboxylic acids is 1. The van der Waals surface area contributed by atoms with Gasteiger partial charge in [0.25, 0.3) is 0 Å². The molecule has 0 radical (unpaired) electrons. The molecule has 1 N–H and O–H groups in total. The van der Waals surface area contributed by atoms with Gasteiger partial charge in [-0.2, -0.15) is 0 Å². The number of carbonyl (C=O) groups is 1. The van der Waals surface area contributed by atoms with E-state index in [1.807, 2.05) is 24.3 Å². The topological polar surface area (TPSA) is 42.0 Å². The second kappa shape index (κ2) is 5.87. The fourth-order valence-electron chi connectivity index (χ4n) is 1.95. The molecule has 0 unspecified atom stereocenters. The van der Waals surface area contributed by atoms with Crippen LogP contribution in [0.1, 0.15) is 31.9 Å². The summed E-state index contributed by atoms with van der Waals surface area (Å²) in [5.41, 5.74) is 3.11. The average Bonchev–Trinajstić information content (AvgIpc) is 2.39. The van der Waals surface area contributed by atoms with E-state index < -0.39 is 0 Å². The van der Waals surface area contributed by atoms with Crippen LogP contribution in [0.3, 0.4) is 0 Å². The Balaban J connectivity index is 1.98. The third-order valence-electron chi connectivity index (χ3n) is 3.12. The third kappa shape index (κ3) is 3.92. The van der Waals surface area contributed by atoms with Crippen molar-refractivity contribution in [1.82, 2.24) is 4.98 Å². The number of anilines is 1. The molecule has 3 heteroatoms. The Morgan fingerprint density at radius 1 is 1.15 bits per heavy atom. The minimum Gasteiger partial charge on any atom is -0.326 e. The van der Waals surface area contributed by atoms with Crippen molar-refractivity contribution in [2.75, 3.05) is 5.32 Å². The van der Waals surface area contributed by atoms with Gasteiger partial charge in [0.2, 0.25) is 5.91 Å². The van der Waals surface area contributed by atoms with E-state index in [0.717, 1.165) is 11.3 Å². The largest absolute Gasteiger partial charge is 0.326 e. The normalized spacial score (nSPS) is 11.2. The van der Waals surface area contributed by atoms with E-state index in [4.69, 9.17) is 0 Å². The second-order valence-corrected chi connectivity index (χ2v) is 5.91. The minimum atomic E-state index is -0.0264. The molecule has 2 aromatic rings. The fraction of sp³-hybridized carbons (Fsp3) is 0.294. The highest BCUT2D eigenvalue weighted by molar-refractivity contribution is 5.92. The zero-order chi connectivity index (χ0) is 14.6. The lowest BCUT2D eigenvalue weighted by atomic mass is 9.87. The Hall–Kier alpha value is -2.16. The van der Waals surface area contributed by atoms with Crippen LogP contribution in [0.15, 0.2) is 48.8 Å². The van der Waals surface area contributed by atoms with Crippen LogP contribution in [0.5, 0.6) is 0 Å². The zero-order valence-electron chi connectivity index (χ0n) is 12.2. The van der Waals surface area contributed by atoms with E-state index in [9.17, 15) is 4.79 Å². The Kier molecular flexibility index (Phi) is 4.18. The molecule has 0 aliphatic carbocycles. The highest BCUT2D eigenvalue weighted by Gasteiger charge is 2.13. The number of nitrogens with one attached hydrogen (secondary N) is 1. The molecule has 0 atom stereocenters. The summed E-state index contributed by atoms with van der Waals surface area (Å²) in [5.74, 6) is -0.0264. The summed E-state index contributed by atoms with van der Waals surface area (Å²) < 4.78 is 0. The van der Waals surface area contributed by atoms with Crippen molar-refractivity contribution in [3.63, 3.8) is 0 Å². The first kappa shape index (κ1) is 14.3. The Morgan fingerprint density at radius 2 is 1.85 bits per heavy atom. The van der Waals surface area contributed by atoms with Crippen LogP contribution in [0, 0.1) is 0 Å².